The van der Waals surface area contributed by atoms with E-state index >= 15 is 0 Å². The third-order valence-corrected chi connectivity index (χ3v) is 17.7. The molecule has 302 valence electrons. The largest absolute Gasteiger partial charge is 0.598 e. The number of fused-ring (bicyclic) bond motifs is 2. The van der Waals surface area contributed by atoms with E-state index in [9.17, 15) is 18.9 Å². The third-order valence-electron chi connectivity index (χ3n) is 10.2. The van der Waals surface area contributed by atoms with Crippen molar-refractivity contribution in [3.05, 3.63) is 120 Å². The van der Waals surface area contributed by atoms with E-state index in [4.69, 9.17) is 23.4 Å². The first-order chi connectivity index (χ1) is 26.4. The van der Waals surface area contributed by atoms with Crippen LogP contribution < -0.4 is 4.72 Å². The van der Waals surface area contributed by atoms with Crippen LogP contribution in [0, 0.1) is 5.92 Å². The van der Waals surface area contributed by atoms with Crippen molar-refractivity contribution in [1.29, 1.82) is 0 Å². The van der Waals surface area contributed by atoms with Crippen molar-refractivity contribution in [1.82, 2.24) is 4.72 Å². The molecule has 56 heavy (non-hydrogen) atoms. The molecule has 10 nitrogen and oxygen atoms in total. The molecule has 0 saturated carbocycles. The first-order valence-electron chi connectivity index (χ1n) is 19.0. The molecule has 3 aromatic carbocycles. The highest BCUT2D eigenvalue weighted by molar-refractivity contribution is 7.99. The second-order valence-corrected chi connectivity index (χ2v) is 24.5. The van der Waals surface area contributed by atoms with Crippen molar-refractivity contribution in [2.45, 2.75) is 107 Å². The van der Waals surface area contributed by atoms with Crippen molar-refractivity contribution >= 4 is 49.3 Å². The smallest absolute Gasteiger partial charge is 0.338 e. The zero-order chi connectivity index (χ0) is 40.7. The summed E-state index contributed by atoms with van der Waals surface area (Å²) >= 11 is -0.177. The quantitative estimate of drug-likeness (QED) is 0.0661. The van der Waals surface area contributed by atoms with Gasteiger partial charge in [0.1, 0.15) is 16.3 Å². The van der Waals surface area contributed by atoms with E-state index in [2.05, 4.69) is 44.7 Å². The number of carbonyl (C=O) groups is 3. The summed E-state index contributed by atoms with van der Waals surface area (Å²) in [6.45, 7) is 17.0. The molecule has 8 atom stereocenters. The van der Waals surface area contributed by atoms with Gasteiger partial charge in [-0.25, -0.2) is 14.4 Å². The van der Waals surface area contributed by atoms with E-state index in [0.717, 1.165) is 0 Å². The summed E-state index contributed by atoms with van der Waals surface area (Å²) in [5, 5.41) is 0.00433. The fourth-order valence-electron chi connectivity index (χ4n) is 5.88. The van der Waals surface area contributed by atoms with Gasteiger partial charge in [0, 0.05) is 29.6 Å². The maximum atomic E-state index is 14.0. The Morgan fingerprint density at radius 3 is 1.70 bits per heavy atom. The predicted octanol–water partition coefficient (Wildman–Crippen LogP) is 8.14. The van der Waals surface area contributed by atoms with Gasteiger partial charge in [-0.15, -0.1) is 16.5 Å². The number of nitrogens with one attached hydrogen (secondary N) is 1. The van der Waals surface area contributed by atoms with Crippen LogP contribution in [0.2, 0.25) is 18.1 Å². The van der Waals surface area contributed by atoms with Crippen LogP contribution in [0.3, 0.4) is 0 Å². The average molecular weight is 822 g/mol. The lowest BCUT2D eigenvalue weighted by Crippen LogP contribution is -2.66. The van der Waals surface area contributed by atoms with Crippen LogP contribution in [-0.4, -0.2) is 83.8 Å². The molecule has 7 unspecified atom stereocenters. The minimum Gasteiger partial charge on any atom is -0.598 e. The van der Waals surface area contributed by atoms with Gasteiger partial charge in [-0.3, -0.25) is 0 Å². The molecule has 1 saturated heterocycles. The molecule has 2 aliphatic heterocycles. The molecule has 1 fully saturated rings. The molecule has 0 spiro atoms. The zero-order valence-corrected chi connectivity index (χ0v) is 36.1. The topological polar surface area (TPSA) is 132 Å². The number of carbonyl (C=O) groups excluding carboxylic acids is 3. The molecule has 3 aromatic rings. The molecule has 0 aliphatic carbocycles. The molecule has 2 bridgehead atoms. The Bertz CT molecular complexity index is 1780. The summed E-state index contributed by atoms with van der Waals surface area (Å²) in [5.41, 5.74) is -0.0881. The minimum atomic E-state index is -2.11. The highest BCUT2D eigenvalue weighted by Gasteiger charge is 2.56. The summed E-state index contributed by atoms with van der Waals surface area (Å²) in [7, 11) is -2.11. The lowest BCUT2D eigenvalue weighted by Gasteiger charge is -2.47. The molecular formula is C43H55NO9S2Si. The summed E-state index contributed by atoms with van der Waals surface area (Å²) in [6, 6.07) is 24.7. The van der Waals surface area contributed by atoms with Crippen LogP contribution in [0.1, 0.15) is 79.0 Å². The Morgan fingerprint density at radius 1 is 0.768 bits per heavy atom. The number of hydrogen-bond acceptors (Lipinski definition) is 11. The van der Waals surface area contributed by atoms with Gasteiger partial charge in [0.05, 0.1) is 22.7 Å². The van der Waals surface area contributed by atoms with Crippen LogP contribution in [0.5, 0.6) is 0 Å². The van der Waals surface area contributed by atoms with E-state index in [-0.39, 0.29) is 27.6 Å². The number of esters is 3. The molecule has 0 aromatic heterocycles. The normalized spacial score (nSPS) is 25.1. The van der Waals surface area contributed by atoms with Crippen LogP contribution >= 0.6 is 11.8 Å². The molecule has 0 amide bonds. The van der Waals surface area contributed by atoms with E-state index in [1.165, 1.54) is 11.8 Å². The van der Waals surface area contributed by atoms with Gasteiger partial charge in [0.2, 0.25) is 0 Å². The number of ether oxygens (including phenoxy) is 4. The van der Waals surface area contributed by atoms with Crippen molar-refractivity contribution in [3.8, 4) is 0 Å². The van der Waals surface area contributed by atoms with Gasteiger partial charge in [-0.2, -0.15) is 0 Å². The SMILES string of the molecule is CC(C)(C)[S+]([O-])N[C@@H]1CC=CC(CO[Si](C)(C)C(C)(C)C)CSC2OC1C(OC(=O)c1ccccc1)C(OC(=O)c1ccccc1)C2OC(=O)c1ccccc1. The Kier molecular flexibility index (Phi) is 14.7. The number of benzene rings is 3. The summed E-state index contributed by atoms with van der Waals surface area (Å²) in [5.74, 6) is -1.60. The summed E-state index contributed by atoms with van der Waals surface area (Å²) in [4.78, 5) is 41.8. The monoisotopic (exact) mass is 821 g/mol. The maximum Gasteiger partial charge on any atom is 0.338 e. The van der Waals surface area contributed by atoms with Crippen LogP contribution in [0.25, 0.3) is 0 Å². The van der Waals surface area contributed by atoms with E-state index in [1.807, 2.05) is 26.8 Å². The van der Waals surface area contributed by atoms with Gasteiger partial charge in [0.25, 0.3) is 0 Å². The van der Waals surface area contributed by atoms with Crippen LogP contribution in [0.4, 0.5) is 0 Å². The lowest BCUT2D eigenvalue weighted by atomic mass is 9.92. The number of thioether (sulfide) groups is 1. The predicted molar refractivity (Wildman–Crippen MR) is 223 cm³/mol. The molecule has 2 heterocycles. The highest BCUT2D eigenvalue weighted by atomic mass is 32.2. The van der Waals surface area contributed by atoms with E-state index < -0.39 is 78.2 Å². The summed E-state index contributed by atoms with van der Waals surface area (Å²) in [6.07, 6.45) is -0.422. The first-order valence-corrected chi connectivity index (χ1v) is 24.1. The fraction of sp³-hybridized carbons (Fsp3) is 0.465. The lowest BCUT2D eigenvalue weighted by molar-refractivity contribution is -0.205. The van der Waals surface area contributed by atoms with Crippen molar-refractivity contribution in [3.63, 3.8) is 0 Å². The maximum absolute atomic E-state index is 14.0. The molecule has 0 radical (unpaired) electrons. The molecule has 1 N–H and O–H groups in total. The van der Waals surface area contributed by atoms with E-state index in [1.54, 1.807) is 91.0 Å². The Hall–Kier alpha value is -3.43. The first kappa shape index (κ1) is 43.7. The van der Waals surface area contributed by atoms with Crippen LogP contribution in [0.15, 0.2) is 103 Å². The molecule has 5 rings (SSSR count). The van der Waals surface area contributed by atoms with E-state index in [0.29, 0.717) is 18.8 Å². The summed E-state index contributed by atoms with van der Waals surface area (Å²) < 4.78 is 48.9. The van der Waals surface area contributed by atoms with Crippen molar-refractivity contribution in [2.75, 3.05) is 12.4 Å². The average Bonchev–Trinajstić information content (AvgIpc) is 3.16. The van der Waals surface area contributed by atoms with Crippen LogP contribution in [-0.2, 0) is 34.7 Å². The van der Waals surface area contributed by atoms with Gasteiger partial charge in [-0.05, 0) is 81.7 Å². The highest BCUT2D eigenvalue weighted by Crippen LogP contribution is 2.40. The Labute approximate surface area is 339 Å². The Balaban J connectivity index is 1.62. The van der Waals surface area contributed by atoms with Crippen molar-refractivity contribution in [2.24, 2.45) is 5.92 Å². The zero-order valence-electron chi connectivity index (χ0n) is 33.5. The molecular weight excluding hydrogens is 767 g/mol. The number of hydrogen-bond donors (Lipinski definition) is 1. The second-order valence-electron chi connectivity index (χ2n) is 16.6. The molecule has 2 aliphatic rings. The van der Waals surface area contributed by atoms with Gasteiger partial charge < -0.3 is 27.9 Å². The fourth-order valence-corrected chi connectivity index (χ4v) is 9.05. The van der Waals surface area contributed by atoms with Crippen molar-refractivity contribution < 1.29 is 42.3 Å². The standard InChI is InChI=1S/C43H55NO9S2Si/c1-42(2,3)55(48)44-33-26-18-19-29(27-49-56(7,8)43(4,5)6)28-54-41-37(52-40(47)32-24-16-11-17-25-32)36(51-39(46)31-22-14-10-15-23-31)35(34(33)53-41)50-38(45)30-20-12-9-13-21-30/h9-25,29,33-37,41,44H,26-28H2,1-8H3/t29?,33-,34?,35?,36?,37?,41?,55?/m1/s1. The van der Waals surface area contributed by atoms with Gasteiger partial charge in [0.15, 0.2) is 26.6 Å². The van der Waals surface area contributed by atoms with Gasteiger partial charge >= 0.3 is 17.9 Å². The third kappa shape index (κ3) is 11.4. The number of rotatable bonds is 11. The Morgan fingerprint density at radius 2 is 1.23 bits per heavy atom. The second kappa shape index (κ2) is 18.9. The van der Waals surface area contributed by atoms with Gasteiger partial charge in [-0.1, -0.05) is 87.5 Å². The molecule has 13 heteroatoms. The minimum absolute atomic E-state index is 0.00433.